The number of carbonyl (C=O) groups is 1. The number of aromatic nitrogens is 2. The van der Waals surface area contributed by atoms with Gasteiger partial charge in [-0.3, -0.25) is 9.69 Å². The second kappa shape index (κ2) is 8.98. The molecule has 8 heteroatoms. The summed E-state index contributed by atoms with van der Waals surface area (Å²) in [5.74, 6) is -0.0376. The van der Waals surface area contributed by atoms with E-state index < -0.39 is 5.92 Å². The summed E-state index contributed by atoms with van der Waals surface area (Å²) in [5.41, 5.74) is 12.5. The zero-order chi connectivity index (χ0) is 24.8. The number of anilines is 1. The molecule has 36 heavy (non-hydrogen) atoms. The molecule has 0 radical (unpaired) electrons. The number of fused-ring (bicyclic) bond motifs is 1. The summed E-state index contributed by atoms with van der Waals surface area (Å²) in [4.78, 5) is 20.6. The summed E-state index contributed by atoms with van der Waals surface area (Å²) in [6.07, 6.45) is 3.77. The fraction of sp³-hybridized carbons (Fsp3) is 0.179. The molecule has 6 nitrogen and oxygen atoms in total. The van der Waals surface area contributed by atoms with E-state index in [1.807, 2.05) is 47.6 Å². The van der Waals surface area contributed by atoms with Gasteiger partial charge in [0, 0.05) is 39.8 Å². The van der Waals surface area contributed by atoms with Gasteiger partial charge in [-0.15, -0.1) is 11.3 Å². The van der Waals surface area contributed by atoms with Gasteiger partial charge in [-0.2, -0.15) is 5.26 Å². The van der Waals surface area contributed by atoms with Gasteiger partial charge in [0.15, 0.2) is 5.78 Å². The summed E-state index contributed by atoms with van der Waals surface area (Å²) < 4.78 is 2.11. The van der Waals surface area contributed by atoms with Crippen LogP contribution in [0.2, 0.25) is 5.02 Å². The molecule has 0 unspecified atom stereocenters. The first kappa shape index (κ1) is 22.6. The average Bonchev–Trinajstić information content (AvgIpc) is 3.51. The monoisotopic (exact) mass is 511 g/mol. The Kier molecular flexibility index (Phi) is 5.63. The van der Waals surface area contributed by atoms with Crippen LogP contribution >= 0.6 is 22.9 Å². The molecule has 0 fully saturated rings. The number of carbonyl (C=O) groups excluding carboxylic acids is 1. The summed E-state index contributed by atoms with van der Waals surface area (Å²) in [7, 11) is 0. The zero-order valence-electron chi connectivity index (χ0n) is 19.3. The van der Waals surface area contributed by atoms with E-state index in [9.17, 15) is 10.1 Å². The number of halogens is 1. The lowest BCUT2D eigenvalue weighted by Gasteiger charge is -2.39. The molecule has 1 aliphatic carbocycles. The molecule has 178 valence electrons. The predicted octanol–water partition coefficient (Wildman–Crippen LogP) is 6.10. The van der Waals surface area contributed by atoms with Crippen LogP contribution in [0.1, 0.15) is 35.6 Å². The fourth-order valence-electron chi connectivity index (χ4n) is 5.24. The lowest BCUT2D eigenvalue weighted by molar-refractivity contribution is -0.116. The van der Waals surface area contributed by atoms with Crippen molar-refractivity contribution in [3.8, 4) is 6.07 Å². The number of hydrogen-bond acceptors (Lipinski definition) is 6. The Balaban J connectivity index is 1.43. The minimum atomic E-state index is -0.466. The molecular formula is C28H22ClN5OS. The predicted molar refractivity (Wildman–Crippen MR) is 143 cm³/mol. The molecule has 2 aliphatic rings. The number of imidazole rings is 1. The van der Waals surface area contributed by atoms with Crippen molar-refractivity contribution in [3.05, 3.63) is 104 Å². The van der Waals surface area contributed by atoms with Crippen LogP contribution < -0.4 is 10.6 Å². The molecule has 2 aromatic heterocycles. The van der Waals surface area contributed by atoms with Crippen LogP contribution in [0.5, 0.6) is 0 Å². The lowest BCUT2D eigenvalue weighted by atomic mass is 9.78. The molecule has 0 amide bonds. The quantitative estimate of drug-likeness (QED) is 0.357. The number of para-hydroxylation sites is 2. The third-order valence-corrected chi connectivity index (χ3v) is 8.10. The van der Waals surface area contributed by atoms with Gasteiger partial charge in [0.2, 0.25) is 0 Å². The number of rotatable bonds is 4. The Morgan fingerprint density at radius 1 is 1.17 bits per heavy atom. The molecule has 0 spiro atoms. The normalized spacial score (nSPS) is 18.1. The molecule has 2 aromatic carbocycles. The van der Waals surface area contributed by atoms with Crippen LogP contribution in [0.4, 0.5) is 5.69 Å². The average molecular weight is 512 g/mol. The topological polar surface area (TPSA) is 87.9 Å². The number of ketones is 1. The van der Waals surface area contributed by atoms with Crippen LogP contribution in [0.25, 0.3) is 11.0 Å². The molecular weight excluding hydrogens is 490 g/mol. The highest BCUT2D eigenvalue weighted by Crippen LogP contribution is 2.47. The van der Waals surface area contributed by atoms with Gasteiger partial charge < -0.3 is 10.3 Å². The molecule has 0 saturated carbocycles. The van der Waals surface area contributed by atoms with Crippen molar-refractivity contribution in [2.45, 2.75) is 31.7 Å². The number of nitrogens with two attached hydrogens (primary N) is 1. The Hall–Kier alpha value is -3.86. The summed E-state index contributed by atoms with van der Waals surface area (Å²) in [6.45, 7) is 0.652. The van der Waals surface area contributed by atoms with Crippen molar-refractivity contribution in [2.24, 2.45) is 5.73 Å². The summed E-state index contributed by atoms with van der Waals surface area (Å²) >= 11 is 7.83. The minimum Gasteiger partial charge on any atom is -0.384 e. The van der Waals surface area contributed by atoms with E-state index in [-0.39, 0.29) is 5.78 Å². The van der Waals surface area contributed by atoms with E-state index in [1.165, 1.54) is 0 Å². The van der Waals surface area contributed by atoms with E-state index in [0.717, 1.165) is 39.3 Å². The number of Topliss-reactive ketones (excluding diaryl/α,β-unsaturated/α-hetero) is 1. The van der Waals surface area contributed by atoms with E-state index in [4.69, 9.17) is 17.3 Å². The van der Waals surface area contributed by atoms with Crippen LogP contribution in [0.15, 0.2) is 89.0 Å². The highest BCUT2D eigenvalue weighted by molar-refractivity contribution is 7.10. The lowest BCUT2D eigenvalue weighted by Crippen LogP contribution is -2.38. The number of benzene rings is 2. The van der Waals surface area contributed by atoms with Crippen molar-refractivity contribution in [1.82, 2.24) is 9.55 Å². The smallest absolute Gasteiger partial charge is 0.161 e. The van der Waals surface area contributed by atoms with Gasteiger partial charge in [0.05, 0.1) is 34.9 Å². The Morgan fingerprint density at radius 3 is 2.86 bits per heavy atom. The van der Waals surface area contributed by atoms with Gasteiger partial charge in [0.1, 0.15) is 5.82 Å². The third-order valence-electron chi connectivity index (χ3n) is 6.82. The first-order chi connectivity index (χ1) is 17.5. The second-order valence-electron chi connectivity index (χ2n) is 9.01. The van der Waals surface area contributed by atoms with Crippen molar-refractivity contribution in [2.75, 3.05) is 4.90 Å². The summed E-state index contributed by atoms with van der Waals surface area (Å²) in [6, 6.07) is 19.8. The molecule has 6 rings (SSSR count). The van der Waals surface area contributed by atoms with E-state index >= 15 is 0 Å². The number of nitrogens with zero attached hydrogens (tertiary/aromatic N) is 4. The van der Waals surface area contributed by atoms with Crippen molar-refractivity contribution in [1.29, 1.82) is 5.26 Å². The largest absolute Gasteiger partial charge is 0.384 e. The standard InChI is InChI=1S/C28H22ClN5OS/c29-18-5-3-6-19(12-18)34-23-9-4-10-24(35)27(23)26(20(13-30)28(34)31)25-11-17(15-36-25)14-33-16-32-21-7-1-2-8-22(21)33/h1-3,5-8,11-12,15-16,26H,4,9-10,14,31H2/t26-/m0/s1. The van der Waals surface area contributed by atoms with Gasteiger partial charge in [0.25, 0.3) is 0 Å². The molecule has 2 N–H and O–H groups in total. The number of allylic oxidation sites excluding steroid dienone is 3. The first-order valence-electron chi connectivity index (χ1n) is 11.7. The maximum absolute atomic E-state index is 13.3. The number of nitriles is 1. The first-order valence-corrected chi connectivity index (χ1v) is 13.0. The fourth-order valence-corrected chi connectivity index (χ4v) is 6.45. The van der Waals surface area contributed by atoms with Crippen molar-refractivity contribution < 1.29 is 4.79 Å². The van der Waals surface area contributed by atoms with Crippen LogP contribution in [-0.4, -0.2) is 15.3 Å². The van der Waals surface area contributed by atoms with E-state index in [1.54, 1.807) is 17.4 Å². The maximum atomic E-state index is 13.3. The maximum Gasteiger partial charge on any atom is 0.161 e. The number of hydrogen-bond donors (Lipinski definition) is 1. The highest BCUT2D eigenvalue weighted by Gasteiger charge is 2.40. The van der Waals surface area contributed by atoms with Crippen molar-refractivity contribution in [3.63, 3.8) is 0 Å². The molecule has 3 heterocycles. The van der Waals surface area contributed by atoms with Gasteiger partial charge in [-0.1, -0.05) is 29.8 Å². The molecule has 1 aliphatic heterocycles. The van der Waals surface area contributed by atoms with Crippen LogP contribution in [0, 0.1) is 11.3 Å². The van der Waals surface area contributed by atoms with Gasteiger partial charge in [-0.05, 0) is 60.2 Å². The summed E-state index contributed by atoms with van der Waals surface area (Å²) in [5, 5.41) is 12.9. The SMILES string of the molecule is N#CC1=C(N)N(c2cccc(Cl)c2)C2=C(C(=O)CCC2)[C@@H]1c1cc(Cn2cnc3ccccc32)cs1. The highest BCUT2D eigenvalue weighted by atomic mass is 35.5. The van der Waals surface area contributed by atoms with Crippen molar-refractivity contribution >= 4 is 45.4 Å². The molecule has 4 aromatic rings. The van der Waals surface area contributed by atoms with Gasteiger partial charge in [-0.25, -0.2) is 4.98 Å². The Bertz CT molecular complexity index is 1620. The Morgan fingerprint density at radius 2 is 2.03 bits per heavy atom. The molecule has 0 bridgehead atoms. The second-order valence-corrected chi connectivity index (χ2v) is 10.4. The van der Waals surface area contributed by atoms with E-state index in [2.05, 4.69) is 33.1 Å². The third kappa shape index (κ3) is 3.70. The van der Waals surface area contributed by atoms with E-state index in [0.29, 0.717) is 41.4 Å². The van der Waals surface area contributed by atoms with Crippen LogP contribution in [-0.2, 0) is 11.3 Å². The minimum absolute atomic E-state index is 0.0732. The molecule has 1 atom stereocenters. The zero-order valence-corrected chi connectivity index (χ0v) is 20.9. The Labute approximate surface area is 217 Å². The van der Waals surface area contributed by atoms with Crippen LogP contribution in [0.3, 0.4) is 0 Å². The molecule has 0 saturated heterocycles. The number of thiophene rings is 1. The van der Waals surface area contributed by atoms with Gasteiger partial charge >= 0.3 is 0 Å².